The van der Waals surface area contributed by atoms with E-state index in [9.17, 15) is 9.59 Å². The largest absolute Gasteiger partial charge is 0.300 e. The molecule has 3 aromatic rings. The molecule has 0 saturated heterocycles. The Bertz CT molecular complexity index is 1060. The van der Waals surface area contributed by atoms with Crippen molar-refractivity contribution in [2.24, 2.45) is 5.92 Å². The molecule has 0 radical (unpaired) electrons. The van der Waals surface area contributed by atoms with Gasteiger partial charge in [-0.15, -0.1) is 11.3 Å². The molecule has 7 heteroatoms. The van der Waals surface area contributed by atoms with Crippen LogP contribution in [0.3, 0.4) is 0 Å². The van der Waals surface area contributed by atoms with Crippen LogP contribution < -0.4 is 10.9 Å². The van der Waals surface area contributed by atoms with Crippen LogP contribution >= 0.6 is 11.3 Å². The third-order valence-corrected chi connectivity index (χ3v) is 6.25. The molecular weight excluding hydrogens is 384 g/mol. The molecule has 1 aromatic carbocycles. The summed E-state index contributed by atoms with van der Waals surface area (Å²) in [6.45, 7) is 2.08. The topological polar surface area (TPSA) is 76.9 Å². The van der Waals surface area contributed by atoms with Gasteiger partial charge in [-0.3, -0.25) is 9.59 Å². The Kier molecular flexibility index (Phi) is 5.85. The molecule has 2 heterocycles. The number of hydrogen-bond acceptors (Lipinski definition) is 5. The van der Waals surface area contributed by atoms with Crippen molar-refractivity contribution in [2.45, 2.75) is 45.6 Å². The summed E-state index contributed by atoms with van der Waals surface area (Å²) in [5.41, 5.74) is 2.36. The van der Waals surface area contributed by atoms with Crippen molar-refractivity contribution >= 4 is 22.4 Å². The van der Waals surface area contributed by atoms with Crippen molar-refractivity contribution in [3.05, 3.63) is 63.4 Å². The van der Waals surface area contributed by atoms with Crippen LogP contribution in [0.4, 0.5) is 5.13 Å². The average Bonchev–Trinajstić information content (AvgIpc) is 3.12. The van der Waals surface area contributed by atoms with Gasteiger partial charge in [-0.1, -0.05) is 50.1 Å². The van der Waals surface area contributed by atoms with Gasteiger partial charge < -0.3 is 5.32 Å². The van der Waals surface area contributed by atoms with Gasteiger partial charge in [0.05, 0.1) is 11.4 Å². The lowest BCUT2D eigenvalue weighted by atomic mass is 9.88. The van der Waals surface area contributed by atoms with E-state index in [-0.39, 0.29) is 18.0 Å². The van der Waals surface area contributed by atoms with Gasteiger partial charge in [0.2, 0.25) is 5.91 Å². The zero-order valence-corrected chi connectivity index (χ0v) is 17.2. The second-order valence-electron chi connectivity index (χ2n) is 7.42. The van der Waals surface area contributed by atoms with E-state index in [1.807, 2.05) is 30.3 Å². The first kappa shape index (κ1) is 19.5. The zero-order chi connectivity index (χ0) is 20.2. The average molecular weight is 409 g/mol. The molecule has 0 saturated carbocycles. The van der Waals surface area contributed by atoms with E-state index < -0.39 is 0 Å². The standard InChI is InChI=1S/C22H24N4O2S/c1-2-6-15-9-10-18-19(13-15)29-22(23-18)24-20(27)14-26-21(28)12-11-17(25-26)16-7-4-3-5-8-16/h3-5,7-8,11-12,15H,2,6,9-10,13-14H2,1H3,(H,23,24,27). The van der Waals surface area contributed by atoms with E-state index in [0.29, 0.717) is 10.8 Å². The summed E-state index contributed by atoms with van der Waals surface area (Å²) >= 11 is 1.56. The molecule has 1 atom stereocenters. The van der Waals surface area contributed by atoms with Crippen molar-refractivity contribution < 1.29 is 4.79 Å². The third kappa shape index (κ3) is 4.62. The Morgan fingerprint density at radius 1 is 1.24 bits per heavy atom. The van der Waals surface area contributed by atoms with Gasteiger partial charge in [-0.05, 0) is 31.2 Å². The van der Waals surface area contributed by atoms with Gasteiger partial charge in [0, 0.05) is 16.5 Å². The molecule has 0 fully saturated rings. The number of fused-ring (bicyclic) bond motifs is 1. The van der Waals surface area contributed by atoms with Gasteiger partial charge in [0.1, 0.15) is 6.54 Å². The summed E-state index contributed by atoms with van der Waals surface area (Å²) in [4.78, 5) is 30.5. The van der Waals surface area contributed by atoms with Gasteiger partial charge >= 0.3 is 0 Å². The Morgan fingerprint density at radius 3 is 2.86 bits per heavy atom. The number of thiazole rings is 1. The Balaban J connectivity index is 1.45. The van der Waals surface area contributed by atoms with E-state index in [0.717, 1.165) is 30.0 Å². The van der Waals surface area contributed by atoms with E-state index in [1.54, 1.807) is 17.4 Å². The molecular formula is C22H24N4O2S. The first-order valence-corrected chi connectivity index (χ1v) is 10.9. The Labute approximate surface area is 173 Å². The number of nitrogens with one attached hydrogen (secondary N) is 1. The molecule has 0 spiro atoms. The third-order valence-electron chi connectivity index (χ3n) is 5.21. The van der Waals surface area contributed by atoms with E-state index in [4.69, 9.17) is 0 Å². The maximum atomic E-state index is 12.5. The summed E-state index contributed by atoms with van der Waals surface area (Å²) < 4.78 is 1.20. The lowest BCUT2D eigenvalue weighted by Gasteiger charge is -2.19. The molecule has 4 rings (SSSR count). The molecule has 1 unspecified atom stereocenters. The number of rotatable bonds is 6. The van der Waals surface area contributed by atoms with Crippen molar-refractivity contribution in [1.29, 1.82) is 0 Å². The minimum atomic E-state index is -0.305. The molecule has 150 valence electrons. The quantitative estimate of drug-likeness (QED) is 0.671. The Morgan fingerprint density at radius 2 is 2.07 bits per heavy atom. The van der Waals surface area contributed by atoms with Crippen molar-refractivity contribution in [3.8, 4) is 11.3 Å². The minimum absolute atomic E-state index is 0.137. The van der Waals surface area contributed by atoms with E-state index in [1.165, 1.54) is 34.9 Å². The molecule has 6 nitrogen and oxygen atoms in total. The second-order valence-corrected chi connectivity index (χ2v) is 8.50. The van der Waals surface area contributed by atoms with Crippen LogP contribution in [0.5, 0.6) is 0 Å². The molecule has 29 heavy (non-hydrogen) atoms. The summed E-state index contributed by atoms with van der Waals surface area (Å²) in [7, 11) is 0. The van der Waals surface area contributed by atoms with Crippen LogP contribution in [0.15, 0.2) is 47.3 Å². The smallest absolute Gasteiger partial charge is 0.267 e. The highest BCUT2D eigenvalue weighted by Gasteiger charge is 2.22. The number of aromatic nitrogens is 3. The first-order chi connectivity index (χ1) is 14.1. The lowest BCUT2D eigenvalue weighted by molar-refractivity contribution is -0.117. The monoisotopic (exact) mass is 408 g/mol. The molecule has 0 bridgehead atoms. The number of carbonyl (C=O) groups is 1. The summed E-state index contributed by atoms with van der Waals surface area (Å²) in [5.74, 6) is 0.432. The lowest BCUT2D eigenvalue weighted by Crippen LogP contribution is -2.29. The molecule has 1 aliphatic rings. The zero-order valence-electron chi connectivity index (χ0n) is 16.4. The molecule has 0 aliphatic heterocycles. The number of amides is 1. The number of anilines is 1. The number of aryl methyl sites for hydroxylation is 1. The highest BCUT2D eigenvalue weighted by Crippen LogP contribution is 2.34. The predicted molar refractivity (Wildman–Crippen MR) is 115 cm³/mol. The van der Waals surface area contributed by atoms with Gasteiger partial charge in [0.25, 0.3) is 5.56 Å². The summed E-state index contributed by atoms with van der Waals surface area (Å²) in [6, 6.07) is 12.7. The van der Waals surface area contributed by atoms with E-state index in [2.05, 4.69) is 22.3 Å². The van der Waals surface area contributed by atoms with Crippen LogP contribution in [0, 0.1) is 5.92 Å². The maximum Gasteiger partial charge on any atom is 0.267 e. The van der Waals surface area contributed by atoms with Crippen LogP contribution in [0.25, 0.3) is 11.3 Å². The van der Waals surface area contributed by atoms with Crippen molar-refractivity contribution in [3.63, 3.8) is 0 Å². The number of hydrogen-bond donors (Lipinski definition) is 1. The molecule has 1 aliphatic carbocycles. The highest BCUT2D eigenvalue weighted by atomic mass is 32.1. The molecule has 1 N–H and O–H groups in total. The van der Waals surface area contributed by atoms with Crippen molar-refractivity contribution in [2.75, 3.05) is 5.32 Å². The normalized spacial score (nSPS) is 15.7. The fraction of sp³-hybridized carbons (Fsp3) is 0.364. The van der Waals surface area contributed by atoms with Gasteiger partial charge in [-0.25, -0.2) is 9.67 Å². The SMILES string of the molecule is CCCC1CCc2nc(NC(=O)Cn3nc(-c4ccccc4)ccc3=O)sc2C1. The number of nitrogens with zero attached hydrogens (tertiary/aromatic N) is 3. The summed E-state index contributed by atoms with van der Waals surface area (Å²) in [6.07, 6.45) is 5.64. The fourth-order valence-corrected chi connectivity index (χ4v) is 4.91. The minimum Gasteiger partial charge on any atom is -0.300 e. The highest BCUT2D eigenvalue weighted by molar-refractivity contribution is 7.15. The van der Waals surface area contributed by atoms with Gasteiger partial charge in [0.15, 0.2) is 5.13 Å². The van der Waals surface area contributed by atoms with Crippen LogP contribution in [0.2, 0.25) is 0 Å². The first-order valence-electron chi connectivity index (χ1n) is 10.0. The van der Waals surface area contributed by atoms with Crippen LogP contribution in [-0.4, -0.2) is 20.7 Å². The molecule has 2 aromatic heterocycles. The Hall–Kier alpha value is -2.80. The molecule has 1 amide bonds. The van der Waals surface area contributed by atoms with Crippen LogP contribution in [-0.2, 0) is 24.2 Å². The van der Waals surface area contributed by atoms with Crippen molar-refractivity contribution in [1.82, 2.24) is 14.8 Å². The fourth-order valence-electron chi connectivity index (χ4n) is 3.77. The predicted octanol–water partition coefficient (Wildman–Crippen LogP) is 3.91. The van der Waals surface area contributed by atoms with E-state index >= 15 is 0 Å². The summed E-state index contributed by atoms with van der Waals surface area (Å²) in [5, 5.41) is 7.81. The van der Waals surface area contributed by atoms with Gasteiger partial charge in [-0.2, -0.15) is 5.10 Å². The van der Waals surface area contributed by atoms with Crippen LogP contribution in [0.1, 0.15) is 36.8 Å². The number of carbonyl (C=O) groups excluding carboxylic acids is 1. The second kappa shape index (κ2) is 8.69. The maximum absolute atomic E-state index is 12.5. The number of benzene rings is 1.